The number of carbonyl (C=O) groups excluding carboxylic acids is 1. The van der Waals surface area contributed by atoms with Crippen molar-refractivity contribution < 1.29 is 9.53 Å². The molecule has 0 spiro atoms. The van der Waals surface area contributed by atoms with Crippen molar-refractivity contribution >= 4 is 27.6 Å². The van der Waals surface area contributed by atoms with E-state index in [1.165, 1.54) is 0 Å². The topological polar surface area (TPSA) is 50.4 Å². The molecule has 0 aliphatic rings. The quantitative estimate of drug-likeness (QED) is 0.863. The van der Waals surface area contributed by atoms with Gasteiger partial charge in [0, 0.05) is 4.47 Å². The lowest BCUT2D eigenvalue weighted by atomic mass is 10.1. The van der Waals surface area contributed by atoms with Gasteiger partial charge >= 0.3 is 6.03 Å². The average Bonchev–Trinajstić information content (AvgIpc) is 2.48. The van der Waals surface area contributed by atoms with Crippen molar-refractivity contribution in [3.8, 4) is 5.75 Å². The normalized spacial score (nSPS) is 11.6. The number of benzene rings is 2. The summed E-state index contributed by atoms with van der Waals surface area (Å²) in [4.78, 5) is 12.0. The maximum absolute atomic E-state index is 12.0. The molecule has 0 aromatic heterocycles. The molecule has 2 aromatic carbocycles. The van der Waals surface area contributed by atoms with Crippen molar-refractivity contribution in [1.82, 2.24) is 5.32 Å². The molecule has 0 aliphatic carbocycles. The van der Waals surface area contributed by atoms with Crippen LogP contribution in [0.25, 0.3) is 0 Å². The van der Waals surface area contributed by atoms with Gasteiger partial charge in [0.05, 0.1) is 18.8 Å². The molecule has 1 unspecified atom stereocenters. The maximum Gasteiger partial charge on any atom is 0.319 e. The van der Waals surface area contributed by atoms with E-state index >= 15 is 0 Å². The molecule has 0 radical (unpaired) electrons. The fourth-order valence-corrected chi connectivity index (χ4v) is 2.20. The van der Waals surface area contributed by atoms with Crippen LogP contribution in [0, 0.1) is 0 Å². The van der Waals surface area contributed by atoms with Crippen LogP contribution in [0.3, 0.4) is 0 Å². The highest BCUT2D eigenvalue weighted by Gasteiger charge is 2.11. The fraction of sp³-hybridized carbons (Fsp3) is 0.188. The minimum atomic E-state index is -0.269. The van der Waals surface area contributed by atoms with Crippen LogP contribution in [0.4, 0.5) is 10.5 Å². The first-order valence-electron chi connectivity index (χ1n) is 6.56. The van der Waals surface area contributed by atoms with Gasteiger partial charge in [-0.15, -0.1) is 0 Å². The van der Waals surface area contributed by atoms with Gasteiger partial charge < -0.3 is 15.4 Å². The third-order valence-corrected chi connectivity index (χ3v) is 3.60. The van der Waals surface area contributed by atoms with Crippen LogP contribution >= 0.6 is 15.9 Å². The van der Waals surface area contributed by atoms with E-state index in [1.54, 1.807) is 19.2 Å². The summed E-state index contributed by atoms with van der Waals surface area (Å²) in [6.45, 7) is 1.94. The Kier molecular flexibility index (Phi) is 5.22. The second-order valence-corrected chi connectivity index (χ2v) is 5.49. The van der Waals surface area contributed by atoms with Gasteiger partial charge in [-0.1, -0.05) is 40.2 Å². The van der Waals surface area contributed by atoms with Gasteiger partial charge in [-0.3, -0.25) is 0 Å². The van der Waals surface area contributed by atoms with Crippen LogP contribution in [0.15, 0.2) is 53.0 Å². The number of methoxy groups -OCH3 is 1. The summed E-state index contributed by atoms with van der Waals surface area (Å²) in [7, 11) is 1.57. The number of hydrogen-bond acceptors (Lipinski definition) is 2. The number of urea groups is 1. The first-order chi connectivity index (χ1) is 10.1. The zero-order valence-corrected chi connectivity index (χ0v) is 13.5. The van der Waals surface area contributed by atoms with Crippen molar-refractivity contribution in [3.05, 3.63) is 58.6 Å². The van der Waals surface area contributed by atoms with Gasteiger partial charge in [0.1, 0.15) is 5.75 Å². The van der Waals surface area contributed by atoms with Gasteiger partial charge in [0.15, 0.2) is 0 Å². The number of hydrogen-bond donors (Lipinski definition) is 2. The first-order valence-corrected chi connectivity index (χ1v) is 7.35. The molecule has 0 heterocycles. The van der Waals surface area contributed by atoms with E-state index in [-0.39, 0.29) is 12.1 Å². The Morgan fingerprint density at radius 3 is 2.48 bits per heavy atom. The second kappa shape index (κ2) is 7.13. The first kappa shape index (κ1) is 15.4. The molecule has 0 fully saturated rings. The lowest BCUT2D eigenvalue weighted by Gasteiger charge is -2.16. The van der Waals surface area contributed by atoms with Gasteiger partial charge in [0.25, 0.3) is 0 Å². The molecular weight excluding hydrogens is 332 g/mol. The molecule has 110 valence electrons. The predicted octanol–water partition coefficient (Wildman–Crippen LogP) is 4.34. The fourth-order valence-electron chi connectivity index (χ4n) is 1.94. The minimum Gasteiger partial charge on any atom is -0.495 e. The van der Waals surface area contributed by atoms with Crippen molar-refractivity contribution in [1.29, 1.82) is 0 Å². The Bertz CT molecular complexity index is 614. The Morgan fingerprint density at radius 1 is 1.14 bits per heavy atom. The van der Waals surface area contributed by atoms with Gasteiger partial charge in [0.2, 0.25) is 0 Å². The number of para-hydroxylation sites is 2. The van der Waals surface area contributed by atoms with Crippen molar-refractivity contribution in [2.45, 2.75) is 13.0 Å². The molecule has 2 rings (SSSR count). The van der Waals surface area contributed by atoms with Gasteiger partial charge in [-0.25, -0.2) is 4.79 Å². The lowest BCUT2D eigenvalue weighted by molar-refractivity contribution is 0.249. The third kappa shape index (κ3) is 4.23. The van der Waals surface area contributed by atoms with E-state index in [0.717, 1.165) is 10.0 Å². The number of anilines is 1. The van der Waals surface area contributed by atoms with Crippen LogP contribution in [-0.4, -0.2) is 13.1 Å². The standard InChI is InChI=1S/C16H17BrN2O2/c1-11(12-7-9-13(17)10-8-12)18-16(20)19-14-5-3-4-6-15(14)21-2/h3-11H,1-2H3,(H2,18,19,20). The summed E-state index contributed by atoms with van der Waals surface area (Å²) in [5.41, 5.74) is 1.67. The molecule has 2 aromatic rings. The number of rotatable bonds is 4. The molecule has 2 N–H and O–H groups in total. The molecule has 2 amide bonds. The molecule has 0 aliphatic heterocycles. The predicted molar refractivity (Wildman–Crippen MR) is 87.7 cm³/mol. The molecule has 0 saturated heterocycles. The molecule has 0 saturated carbocycles. The highest BCUT2D eigenvalue weighted by Crippen LogP contribution is 2.23. The average molecular weight is 349 g/mol. The largest absolute Gasteiger partial charge is 0.495 e. The molecule has 1 atom stereocenters. The highest BCUT2D eigenvalue weighted by molar-refractivity contribution is 9.10. The van der Waals surface area contributed by atoms with E-state index < -0.39 is 0 Å². The lowest BCUT2D eigenvalue weighted by Crippen LogP contribution is -2.31. The van der Waals surface area contributed by atoms with E-state index in [0.29, 0.717) is 11.4 Å². The smallest absolute Gasteiger partial charge is 0.319 e. The minimum absolute atomic E-state index is 0.0900. The summed E-state index contributed by atoms with van der Waals surface area (Å²) < 4.78 is 6.21. The Balaban J connectivity index is 1.99. The van der Waals surface area contributed by atoms with Crippen LogP contribution < -0.4 is 15.4 Å². The Morgan fingerprint density at radius 2 is 1.81 bits per heavy atom. The van der Waals surface area contributed by atoms with E-state index in [1.807, 2.05) is 43.3 Å². The van der Waals surface area contributed by atoms with E-state index in [2.05, 4.69) is 26.6 Å². The number of ether oxygens (including phenoxy) is 1. The summed E-state index contributed by atoms with van der Waals surface area (Å²) >= 11 is 3.39. The Labute approximate surface area is 132 Å². The van der Waals surface area contributed by atoms with Crippen LogP contribution in [0.5, 0.6) is 5.75 Å². The van der Waals surface area contributed by atoms with E-state index in [4.69, 9.17) is 4.74 Å². The molecule has 4 nitrogen and oxygen atoms in total. The van der Waals surface area contributed by atoms with Gasteiger partial charge in [-0.05, 0) is 36.8 Å². The number of halogens is 1. The summed E-state index contributed by atoms with van der Waals surface area (Å²) in [6.07, 6.45) is 0. The monoisotopic (exact) mass is 348 g/mol. The zero-order valence-electron chi connectivity index (χ0n) is 11.9. The maximum atomic E-state index is 12.0. The molecule has 5 heteroatoms. The summed E-state index contributed by atoms with van der Waals surface area (Å²) in [5.74, 6) is 0.629. The SMILES string of the molecule is COc1ccccc1NC(=O)NC(C)c1ccc(Br)cc1. The highest BCUT2D eigenvalue weighted by atomic mass is 79.9. The molecular formula is C16H17BrN2O2. The number of amides is 2. The van der Waals surface area contributed by atoms with Gasteiger partial charge in [-0.2, -0.15) is 0 Å². The number of carbonyl (C=O) groups is 1. The van der Waals surface area contributed by atoms with Crippen LogP contribution in [0.2, 0.25) is 0 Å². The van der Waals surface area contributed by atoms with Crippen molar-refractivity contribution in [3.63, 3.8) is 0 Å². The van der Waals surface area contributed by atoms with E-state index in [9.17, 15) is 4.79 Å². The zero-order chi connectivity index (χ0) is 15.2. The molecule has 21 heavy (non-hydrogen) atoms. The van der Waals surface area contributed by atoms with Crippen molar-refractivity contribution in [2.24, 2.45) is 0 Å². The number of nitrogens with one attached hydrogen (secondary N) is 2. The summed E-state index contributed by atoms with van der Waals surface area (Å²) in [5, 5.41) is 5.68. The van der Waals surface area contributed by atoms with Crippen LogP contribution in [0.1, 0.15) is 18.5 Å². The van der Waals surface area contributed by atoms with Crippen molar-refractivity contribution in [2.75, 3.05) is 12.4 Å². The van der Waals surface area contributed by atoms with Crippen LogP contribution in [-0.2, 0) is 0 Å². The second-order valence-electron chi connectivity index (χ2n) is 4.57. The third-order valence-electron chi connectivity index (χ3n) is 3.07. The Hall–Kier alpha value is -2.01. The molecule has 0 bridgehead atoms. The summed E-state index contributed by atoms with van der Waals surface area (Å²) in [6, 6.07) is 14.8.